The first-order valence-corrected chi connectivity index (χ1v) is 10.9. The van der Waals surface area contributed by atoms with Gasteiger partial charge in [0.05, 0.1) is 16.1 Å². The van der Waals surface area contributed by atoms with Gasteiger partial charge in [0.25, 0.3) is 0 Å². The molecule has 0 spiro atoms. The van der Waals surface area contributed by atoms with Gasteiger partial charge in [-0.1, -0.05) is 36.8 Å². The van der Waals surface area contributed by atoms with E-state index in [0.29, 0.717) is 15.7 Å². The summed E-state index contributed by atoms with van der Waals surface area (Å²) >= 11 is 0. The number of hydrogen-bond donors (Lipinski definition) is 0. The van der Waals surface area contributed by atoms with Gasteiger partial charge in [0.1, 0.15) is 4.90 Å². The monoisotopic (exact) mass is 380 g/mol. The summed E-state index contributed by atoms with van der Waals surface area (Å²) in [7, 11) is -3.64. The van der Waals surface area contributed by atoms with Gasteiger partial charge >= 0.3 is 0 Å². The first-order chi connectivity index (χ1) is 13.0. The third kappa shape index (κ3) is 3.32. The summed E-state index contributed by atoms with van der Waals surface area (Å²) in [6.07, 6.45) is 3.79. The number of hydrogen-bond acceptors (Lipinski definition) is 4. The number of rotatable bonds is 3. The van der Waals surface area contributed by atoms with E-state index in [1.54, 1.807) is 24.3 Å². The molecule has 0 amide bonds. The van der Waals surface area contributed by atoms with Gasteiger partial charge in [-0.3, -0.25) is 4.98 Å². The smallest absolute Gasteiger partial charge is 0.210 e. The Hall–Kier alpha value is -2.40. The molecule has 5 heteroatoms. The number of benzene rings is 2. The van der Waals surface area contributed by atoms with Crippen LogP contribution < -0.4 is 4.90 Å². The van der Waals surface area contributed by atoms with Gasteiger partial charge in [-0.15, -0.1) is 0 Å². The summed E-state index contributed by atoms with van der Waals surface area (Å²) in [5, 5.41) is 0.918. The lowest BCUT2D eigenvalue weighted by Gasteiger charge is -2.34. The molecule has 2 aromatic carbocycles. The predicted octanol–water partition coefficient (Wildman–Crippen LogP) is 4.61. The van der Waals surface area contributed by atoms with Crippen molar-refractivity contribution in [3.63, 3.8) is 0 Å². The maximum atomic E-state index is 13.4. The normalized spacial score (nSPS) is 18.0. The minimum atomic E-state index is -3.64. The fourth-order valence-corrected chi connectivity index (χ4v) is 5.37. The fraction of sp³-hybridized carbons (Fsp3) is 0.318. The van der Waals surface area contributed by atoms with E-state index >= 15 is 0 Å². The topological polar surface area (TPSA) is 50.3 Å². The van der Waals surface area contributed by atoms with E-state index in [2.05, 4.69) is 22.9 Å². The molecule has 0 radical (unpaired) electrons. The van der Waals surface area contributed by atoms with Crippen LogP contribution in [-0.2, 0) is 9.84 Å². The molecule has 0 bridgehead atoms. The minimum absolute atomic E-state index is 0.306. The molecule has 3 aromatic rings. The van der Waals surface area contributed by atoms with Gasteiger partial charge in [-0.05, 0) is 49.9 Å². The van der Waals surface area contributed by atoms with Gasteiger partial charge in [0, 0.05) is 24.7 Å². The molecule has 0 saturated carbocycles. The van der Waals surface area contributed by atoms with Crippen molar-refractivity contribution in [2.24, 2.45) is 5.92 Å². The average Bonchev–Trinajstić information content (AvgIpc) is 2.67. The number of sulfone groups is 1. The second-order valence-electron chi connectivity index (χ2n) is 7.50. The van der Waals surface area contributed by atoms with Gasteiger partial charge in [0.2, 0.25) is 9.84 Å². The van der Waals surface area contributed by atoms with Crippen LogP contribution in [0.2, 0.25) is 0 Å². The van der Waals surface area contributed by atoms with Crippen LogP contribution >= 0.6 is 0 Å². The number of nitrogens with zero attached hydrogens (tertiary/aromatic N) is 2. The Morgan fingerprint density at radius 2 is 1.89 bits per heavy atom. The largest absolute Gasteiger partial charge is 0.370 e. The maximum absolute atomic E-state index is 13.4. The first-order valence-electron chi connectivity index (χ1n) is 9.41. The molecule has 1 aliphatic heterocycles. The third-order valence-corrected chi connectivity index (χ3v) is 7.05. The molecule has 4 rings (SSSR count). The summed E-state index contributed by atoms with van der Waals surface area (Å²) in [4.78, 5) is 7.34. The predicted molar refractivity (Wildman–Crippen MR) is 109 cm³/mol. The molecule has 4 nitrogen and oxygen atoms in total. The van der Waals surface area contributed by atoms with Gasteiger partial charge in [-0.25, -0.2) is 8.42 Å². The zero-order valence-electron chi connectivity index (χ0n) is 15.7. The fourth-order valence-electron chi connectivity index (χ4n) is 3.92. The minimum Gasteiger partial charge on any atom is -0.370 e. The summed E-state index contributed by atoms with van der Waals surface area (Å²) in [5.41, 5.74) is 2.74. The van der Waals surface area contributed by atoms with Crippen LogP contribution in [-0.4, -0.2) is 26.5 Å². The standard InChI is InChI=1S/C22H24N2O2S/c1-16-10-11-20-19(13-16)22(24-12-6-7-17(2)15-24)21(14-23-20)27(25,26)18-8-4-3-5-9-18/h3-5,8-11,13-14,17H,6-7,12,15H2,1-2H3. The number of piperidine rings is 1. The number of aromatic nitrogens is 1. The van der Waals surface area contributed by atoms with E-state index in [4.69, 9.17) is 0 Å². The number of aryl methyl sites for hydroxylation is 1. The third-order valence-electron chi connectivity index (χ3n) is 5.28. The van der Waals surface area contributed by atoms with Crippen molar-refractivity contribution in [3.8, 4) is 0 Å². The Balaban J connectivity index is 1.99. The van der Waals surface area contributed by atoms with Crippen LogP contribution in [0.25, 0.3) is 10.9 Å². The van der Waals surface area contributed by atoms with Crippen LogP contribution in [0.5, 0.6) is 0 Å². The van der Waals surface area contributed by atoms with Crippen LogP contribution in [0.1, 0.15) is 25.3 Å². The number of anilines is 1. The molecule has 1 saturated heterocycles. The molecule has 27 heavy (non-hydrogen) atoms. The highest BCUT2D eigenvalue weighted by Gasteiger charge is 2.28. The highest BCUT2D eigenvalue weighted by atomic mass is 32.2. The lowest BCUT2D eigenvalue weighted by Crippen LogP contribution is -2.35. The molecular formula is C22H24N2O2S. The van der Waals surface area contributed by atoms with Crippen LogP contribution in [0.15, 0.2) is 64.5 Å². The first kappa shape index (κ1) is 18.0. The van der Waals surface area contributed by atoms with Crippen molar-refractivity contribution in [2.45, 2.75) is 36.5 Å². The molecular weight excluding hydrogens is 356 g/mol. The van der Waals surface area contributed by atoms with E-state index < -0.39 is 9.84 Å². The second-order valence-corrected chi connectivity index (χ2v) is 9.42. The molecule has 0 N–H and O–H groups in total. The zero-order chi connectivity index (χ0) is 19.0. The summed E-state index contributed by atoms with van der Waals surface area (Å²) in [5.74, 6) is 0.541. The van der Waals surface area contributed by atoms with Crippen molar-refractivity contribution < 1.29 is 8.42 Å². The SMILES string of the molecule is Cc1ccc2ncc(S(=O)(=O)c3ccccc3)c(N3CCCC(C)C3)c2c1. The molecule has 140 valence electrons. The van der Waals surface area contributed by atoms with Gasteiger partial charge < -0.3 is 4.90 Å². The van der Waals surface area contributed by atoms with E-state index in [1.807, 2.05) is 25.1 Å². The molecule has 1 atom stereocenters. The van der Waals surface area contributed by atoms with Crippen molar-refractivity contribution in [1.29, 1.82) is 0 Å². The summed E-state index contributed by atoms with van der Waals surface area (Å²) < 4.78 is 26.9. The van der Waals surface area contributed by atoms with Crippen LogP contribution in [0.4, 0.5) is 5.69 Å². The van der Waals surface area contributed by atoms with E-state index in [-0.39, 0.29) is 0 Å². The van der Waals surface area contributed by atoms with E-state index in [9.17, 15) is 8.42 Å². The van der Waals surface area contributed by atoms with Gasteiger partial charge in [0.15, 0.2) is 0 Å². The highest BCUT2D eigenvalue weighted by Crippen LogP contribution is 2.38. The maximum Gasteiger partial charge on any atom is 0.210 e. The molecule has 1 aliphatic rings. The van der Waals surface area contributed by atoms with Crippen molar-refractivity contribution in [3.05, 3.63) is 60.3 Å². The van der Waals surface area contributed by atoms with Crippen molar-refractivity contribution >= 4 is 26.4 Å². The number of fused-ring (bicyclic) bond motifs is 1. The quantitative estimate of drug-likeness (QED) is 0.666. The number of pyridine rings is 1. The van der Waals surface area contributed by atoms with Gasteiger partial charge in [-0.2, -0.15) is 0 Å². The lowest BCUT2D eigenvalue weighted by atomic mass is 9.99. The Labute approximate surface area is 160 Å². The van der Waals surface area contributed by atoms with Crippen molar-refractivity contribution in [2.75, 3.05) is 18.0 Å². The summed E-state index contributed by atoms with van der Waals surface area (Å²) in [6, 6.07) is 14.7. The lowest BCUT2D eigenvalue weighted by molar-refractivity contribution is 0.446. The molecule has 0 aliphatic carbocycles. The van der Waals surface area contributed by atoms with Crippen LogP contribution in [0, 0.1) is 12.8 Å². The Morgan fingerprint density at radius 1 is 1.11 bits per heavy atom. The molecule has 1 aromatic heterocycles. The van der Waals surface area contributed by atoms with Crippen molar-refractivity contribution in [1.82, 2.24) is 4.98 Å². The zero-order valence-corrected chi connectivity index (χ0v) is 16.5. The highest BCUT2D eigenvalue weighted by molar-refractivity contribution is 7.91. The summed E-state index contributed by atoms with van der Waals surface area (Å²) in [6.45, 7) is 5.99. The Morgan fingerprint density at radius 3 is 2.63 bits per heavy atom. The second kappa shape index (κ2) is 6.97. The molecule has 1 unspecified atom stereocenters. The van der Waals surface area contributed by atoms with E-state index in [0.717, 1.165) is 41.7 Å². The molecule has 2 heterocycles. The average molecular weight is 381 g/mol. The molecule has 1 fully saturated rings. The van der Waals surface area contributed by atoms with Crippen LogP contribution in [0.3, 0.4) is 0 Å². The van der Waals surface area contributed by atoms with E-state index in [1.165, 1.54) is 12.6 Å². The Kier molecular flexibility index (Phi) is 4.64. The Bertz CT molecular complexity index is 1080.